The molecule has 3 nitrogen and oxygen atoms in total. The van der Waals surface area contributed by atoms with Crippen molar-refractivity contribution < 1.29 is 4.84 Å². The Balaban J connectivity index is 2.18. The summed E-state index contributed by atoms with van der Waals surface area (Å²) < 4.78 is 0. The molecule has 1 rings (SSSR count). The van der Waals surface area contributed by atoms with Crippen molar-refractivity contribution in [3.63, 3.8) is 0 Å². The highest BCUT2D eigenvalue weighted by Crippen LogP contribution is 2.21. The number of nitrogens with zero attached hydrogens (tertiary/aromatic N) is 1. The molecule has 1 heterocycles. The molecular weight excluding hydrogens is 101 g/mol. The third kappa shape index (κ3) is 0.884. The Morgan fingerprint density at radius 2 is 2.67 bits per heavy atom. The molecule has 0 N–H and O–H groups in total. The van der Waals surface area contributed by atoms with E-state index < -0.39 is 0 Å². The van der Waals surface area contributed by atoms with E-state index in [1.165, 1.54) is 0 Å². The second-order valence-corrected chi connectivity index (χ2v) is 2.18. The third-order valence-corrected chi connectivity index (χ3v) is 1.37. The van der Waals surface area contributed by atoms with Gasteiger partial charge in [-0.25, -0.2) is 5.00 Å². The second-order valence-electron chi connectivity index (χ2n) is 0.998. The maximum atomic E-state index is 9.95. The van der Waals surface area contributed by atoms with E-state index in [4.69, 9.17) is 0 Å². The van der Waals surface area contributed by atoms with Crippen LogP contribution in [0.2, 0.25) is 0 Å². The van der Waals surface area contributed by atoms with Crippen molar-refractivity contribution in [3.05, 3.63) is 5.21 Å². The topological polar surface area (TPSA) is 35.5 Å². The van der Waals surface area contributed by atoms with Gasteiger partial charge in [-0.2, -0.15) is 0 Å². The molecule has 1 aliphatic heterocycles. The molecule has 0 aromatic rings. The van der Waals surface area contributed by atoms with E-state index in [0.717, 1.165) is 6.16 Å². The van der Waals surface area contributed by atoms with Crippen molar-refractivity contribution in [1.82, 2.24) is 5.00 Å². The monoisotopic (exact) mass is 106 g/mol. The molecule has 0 aliphatic carbocycles. The summed E-state index contributed by atoms with van der Waals surface area (Å²) in [6.07, 6.45) is 0.906. The molecule has 6 heavy (non-hydrogen) atoms. The number of hydrogen-bond acceptors (Lipinski definition) is 3. The lowest BCUT2D eigenvalue weighted by Crippen LogP contribution is -1.95. The minimum absolute atomic E-state index is 0.338. The molecule has 1 saturated heterocycles. The van der Waals surface area contributed by atoms with Gasteiger partial charge in [0.25, 0.3) is 0 Å². The van der Waals surface area contributed by atoms with Crippen LogP contribution in [0.5, 0.6) is 0 Å². The van der Waals surface area contributed by atoms with Crippen LogP contribution in [0.1, 0.15) is 0 Å². The average molecular weight is 106 g/mol. The van der Waals surface area contributed by atoms with Gasteiger partial charge in [0.05, 0.1) is 6.61 Å². The highest BCUT2D eigenvalue weighted by molar-refractivity contribution is 7.35. The Bertz CT molecular complexity index is 44.8. The molecule has 0 aromatic heterocycles. The van der Waals surface area contributed by atoms with Crippen molar-refractivity contribution in [1.29, 1.82) is 0 Å². The molecule has 0 spiro atoms. The maximum absolute atomic E-state index is 9.95. The fourth-order valence-corrected chi connectivity index (χ4v) is 0.859. The summed E-state index contributed by atoms with van der Waals surface area (Å²) >= 11 is 0. The largest absolute Gasteiger partial charge is 0.759 e. The Labute approximate surface area is 37.6 Å². The minimum atomic E-state index is 0.338. The summed E-state index contributed by atoms with van der Waals surface area (Å²) in [7, 11) is 0.338. The summed E-state index contributed by atoms with van der Waals surface area (Å²) in [4.78, 5) is 5.08. The lowest BCUT2D eigenvalue weighted by molar-refractivity contribution is -0.0134. The summed E-state index contributed by atoms with van der Waals surface area (Å²) in [6, 6.07) is 0. The van der Waals surface area contributed by atoms with E-state index in [2.05, 4.69) is 4.84 Å². The fraction of sp³-hybridized carbons (Fsp3) is 1.00. The Morgan fingerprint density at radius 1 is 1.83 bits per heavy atom. The van der Waals surface area contributed by atoms with Gasteiger partial charge in [-0.05, 0) is 8.73 Å². The first kappa shape index (κ1) is 4.47. The third-order valence-electron chi connectivity index (χ3n) is 0.552. The average Bonchev–Trinajstić information content (AvgIpc) is 1.86. The normalized spacial score (nSPS) is 29.5. The molecule has 0 aromatic carbocycles. The Morgan fingerprint density at radius 3 is 2.83 bits per heavy atom. The molecular formula is C2H5NO2P-. The zero-order valence-corrected chi connectivity index (χ0v) is 4.18. The molecule has 0 saturated carbocycles. The first-order valence-corrected chi connectivity index (χ1v) is 2.89. The summed E-state index contributed by atoms with van der Waals surface area (Å²) in [5.74, 6) is 0. The van der Waals surface area contributed by atoms with E-state index in [0.29, 0.717) is 20.3 Å². The standard InChI is InChI=1S/C2H5NO2P/c4-3-5-1-2-6-3/h6H,1-2H2/q-1. The summed E-state index contributed by atoms with van der Waals surface area (Å²) in [5.41, 5.74) is 0. The van der Waals surface area contributed by atoms with E-state index >= 15 is 0 Å². The summed E-state index contributed by atoms with van der Waals surface area (Å²) in [6.45, 7) is 0.613. The molecule has 36 valence electrons. The van der Waals surface area contributed by atoms with Gasteiger partial charge in [-0.3, -0.25) is 0 Å². The predicted octanol–water partition coefficient (Wildman–Crippen LogP) is 0.325. The molecule has 4 heteroatoms. The highest BCUT2D eigenvalue weighted by Gasteiger charge is 1.98. The van der Waals surface area contributed by atoms with Crippen molar-refractivity contribution in [2.24, 2.45) is 0 Å². The van der Waals surface area contributed by atoms with E-state index in [-0.39, 0.29) is 0 Å². The predicted molar refractivity (Wildman–Crippen MR) is 24.3 cm³/mol. The first-order valence-electron chi connectivity index (χ1n) is 1.73. The Hall–Kier alpha value is 0.310. The quantitative estimate of drug-likeness (QED) is 0.417. The second kappa shape index (κ2) is 1.85. The smallest absolute Gasteiger partial charge is 0.0725 e. The van der Waals surface area contributed by atoms with E-state index in [1.807, 2.05) is 0 Å². The van der Waals surface area contributed by atoms with Crippen LogP contribution in [-0.2, 0) is 4.84 Å². The molecule has 1 atom stereocenters. The SMILES string of the molecule is [O-]N1OCCP1. The van der Waals surface area contributed by atoms with Gasteiger partial charge in [-0.1, -0.05) is 0 Å². The summed E-state index contributed by atoms with van der Waals surface area (Å²) in [5, 5.41) is 9.95. The van der Waals surface area contributed by atoms with Crippen LogP contribution < -0.4 is 0 Å². The Kier molecular flexibility index (Phi) is 1.37. The lowest BCUT2D eigenvalue weighted by atomic mass is 10.9. The maximum Gasteiger partial charge on any atom is 0.0725 e. The molecule has 1 unspecified atom stereocenters. The lowest BCUT2D eigenvalue weighted by Gasteiger charge is -2.16. The van der Waals surface area contributed by atoms with E-state index in [1.54, 1.807) is 0 Å². The zero-order chi connectivity index (χ0) is 4.41. The van der Waals surface area contributed by atoms with Crippen molar-refractivity contribution in [3.8, 4) is 0 Å². The van der Waals surface area contributed by atoms with Gasteiger partial charge in [0.15, 0.2) is 0 Å². The molecule has 1 fully saturated rings. The molecule has 1 aliphatic rings. The van der Waals surface area contributed by atoms with Gasteiger partial charge in [-0.15, -0.1) is 0 Å². The minimum Gasteiger partial charge on any atom is -0.759 e. The van der Waals surface area contributed by atoms with Crippen molar-refractivity contribution >= 4 is 8.73 Å². The van der Waals surface area contributed by atoms with Gasteiger partial charge >= 0.3 is 0 Å². The number of rotatable bonds is 0. The van der Waals surface area contributed by atoms with Crippen LogP contribution in [0, 0.1) is 5.21 Å². The van der Waals surface area contributed by atoms with Crippen LogP contribution in [0.4, 0.5) is 0 Å². The van der Waals surface area contributed by atoms with Crippen LogP contribution in [0.25, 0.3) is 0 Å². The van der Waals surface area contributed by atoms with Gasteiger partial charge < -0.3 is 10.0 Å². The van der Waals surface area contributed by atoms with Gasteiger partial charge in [0.1, 0.15) is 0 Å². The van der Waals surface area contributed by atoms with Crippen LogP contribution >= 0.6 is 8.73 Å². The molecule has 0 amide bonds. The van der Waals surface area contributed by atoms with Crippen LogP contribution in [-0.4, -0.2) is 17.8 Å². The number of hydrogen-bond donors (Lipinski definition) is 0. The van der Waals surface area contributed by atoms with Crippen molar-refractivity contribution in [2.45, 2.75) is 0 Å². The highest BCUT2D eigenvalue weighted by atomic mass is 31.1. The van der Waals surface area contributed by atoms with Crippen LogP contribution in [0.3, 0.4) is 0 Å². The van der Waals surface area contributed by atoms with Crippen LogP contribution in [0.15, 0.2) is 0 Å². The van der Waals surface area contributed by atoms with Crippen molar-refractivity contribution in [2.75, 3.05) is 12.8 Å². The zero-order valence-electron chi connectivity index (χ0n) is 3.18. The van der Waals surface area contributed by atoms with Gasteiger partial charge in [0, 0.05) is 6.16 Å². The molecule has 0 bridgehead atoms. The van der Waals surface area contributed by atoms with E-state index in [9.17, 15) is 5.21 Å². The molecule has 0 radical (unpaired) electrons. The fourth-order valence-electron chi connectivity index (χ4n) is 0.311. The van der Waals surface area contributed by atoms with Gasteiger partial charge in [0.2, 0.25) is 0 Å². The first-order chi connectivity index (χ1) is 2.89.